The molecule has 3 heterocycles. The number of nitrogens with zero attached hydrogens (tertiary/aromatic N) is 4. The summed E-state index contributed by atoms with van der Waals surface area (Å²) >= 11 is 0. The number of fused-ring (bicyclic) bond motifs is 1. The largest absolute Gasteiger partial charge is 0.393 e. The number of anilines is 3. The van der Waals surface area contributed by atoms with Gasteiger partial charge in [0, 0.05) is 31.4 Å². The van der Waals surface area contributed by atoms with Crippen LogP contribution in [0.1, 0.15) is 54.9 Å². The van der Waals surface area contributed by atoms with Gasteiger partial charge in [-0.3, -0.25) is 9.59 Å². The maximum absolute atomic E-state index is 13.1. The topological polar surface area (TPSA) is 126 Å². The molecule has 2 atom stereocenters. The molecule has 3 aromatic rings. The maximum Gasteiger partial charge on any atom is 0.274 e. The van der Waals surface area contributed by atoms with Crippen LogP contribution in [0.15, 0.2) is 35.4 Å². The molecular weight excluding hydrogens is 410 g/mol. The lowest BCUT2D eigenvalue weighted by Gasteiger charge is -2.27. The standard InChI is InChI=1S/C22H27N7O3/c1-23-19-11-18(27-20-16(12-24-29(19)20)21(31)25-13-7-8-13)26-17-6-3-9-28(22(17)32)14-4-2-5-15(30)10-14/h3,6,9,11-15,23,30H,2,4-5,7-8,10H2,1H3,(H,25,31)(H,26,27). The van der Waals surface area contributed by atoms with Gasteiger partial charge < -0.3 is 25.6 Å². The van der Waals surface area contributed by atoms with Crippen molar-refractivity contribution in [2.45, 2.75) is 56.7 Å². The zero-order valence-electron chi connectivity index (χ0n) is 17.9. The summed E-state index contributed by atoms with van der Waals surface area (Å²) in [7, 11) is 1.76. The van der Waals surface area contributed by atoms with Gasteiger partial charge in [0.15, 0.2) is 5.65 Å². The minimum atomic E-state index is -0.374. The van der Waals surface area contributed by atoms with E-state index in [9.17, 15) is 14.7 Å². The summed E-state index contributed by atoms with van der Waals surface area (Å²) in [4.78, 5) is 30.3. The summed E-state index contributed by atoms with van der Waals surface area (Å²) in [6, 6.07) is 5.46. The number of carbonyl (C=O) groups is 1. The van der Waals surface area contributed by atoms with E-state index in [1.807, 2.05) is 6.07 Å². The average Bonchev–Trinajstić information content (AvgIpc) is 3.49. The molecule has 2 unspecified atom stereocenters. The van der Waals surface area contributed by atoms with E-state index in [2.05, 4.69) is 26.0 Å². The molecule has 2 aliphatic rings. The smallest absolute Gasteiger partial charge is 0.274 e. The van der Waals surface area contributed by atoms with Crippen LogP contribution in [0.25, 0.3) is 5.65 Å². The van der Waals surface area contributed by atoms with Crippen molar-refractivity contribution in [1.29, 1.82) is 0 Å². The highest BCUT2D eigenvalue weighted by Crippen LogP contribution is 2.28. The molecule has 0 radical (unpaired) electrons. The van der Waals surface area contributed by atoms with E-state index in [-0.39, 0.29) is 29.7 Å². The highest BCUT2D eigenvalue weighted by Gasteiger charge is 2.26. The van der Waals surface area contributed by atoms with Crippen molar-refractivity contribution in [3.63, 3.8) is 0 Å². The Morgan fingerprint density at radius 1 is 1.25 bits per heavy atom. The van der Waals surface area contributed by atoms with Gasteiger partial charge in [0.25, 0.3) is 11.5 Å². The van der Waals surface area contributed by atoms with Gasteiger partial charge >= 0.3 is 0 Å². The molecule has 5 rings (SSSR count). The lowest BCUT2D eigenvalue weighted by Crippen LogP contribution is -2.30. The van der Waals surface area contributed by atoms with Gasteiger partial charge in [0.1, 0.15) is 22.9 Å². The normalized spacial score (nSPS) is 20.8. The summed E-state index contributed by atoms with van der Waals surface area (Å²) in [6.07, 6.45) is 8.00. The molecule has 0 aromatic carbocycles. The Balaban J connectivity index is 1.48. The molecule has 0 saturated heterocycles. The minimum absolute atomic E-state index is 0.0242. The summed E-state index contributed by atoms with van der Waals surface area (Å²) in [5.41, 5.74) is 1.01. The Hall–Kier alpha value is -3.40. The van der Waals surface area contributed by atoms with E-state index >= 15 is 0 Å². The number of aliphatic hydroxyl groups excluding tert-OH is 1. The summed E-state index contributed by atoms with van der Waals surface area (Å²) in [5.74, 6) is 0.864. The zero-order valence-corrected chi connectivity index (χ0v) is 17.9. The van der Waals surface area contributed by atoms with Crippen LogP contribution < -0.4 is 21.5 Å². The summed E-state index contributed by atoms with van der Waals surface area (Å²) in [6.45, 7) is 0. The van der Waals surface area contributed by atoms with Crippen LogP contribution in [-0.2, 0) is 0 Å². The SMILES string of the molecule is CNc1cc(Nc2cccn(C3CCCC(O)C3)c2=O)nc2c(C(=O)NC3CC3)cnn12. The Bertz CT molecular complexity index is 1210. The van der Waals surface area contributed by atoms with E-state index < -0.39 is 0 Å². The maximum atomic E-state index is 13.1. The first-order valence-corrected chi connectivity index (χ1v) is 11.1. The van der Waals surface area contributed by atoms with Crippen LogP contribution in [0, 0.1) is 0 Å². The second kappa shape index (κ2) is 8.27. The van der Waals surface area contributed by atoms with E-state index in [0.717, 1.165) is 32.1 Å². The van der Waals surface area contributed by atoms with Crippen LogP contribution in [-0.4, -0.2) is 49.4 Å². The number of hydrogen-bond donors (Lipinski definition) is 4. The molecule has 32 heavy (non-hydrogen) atoms. The number of aliphatic hydroxyl groups is 1. The molecule has 168 valence electrons. The molecule has 0 bridgehead atoms. The van der Waals surface area contributed by atoms with Crippen molar-refractivity contribution in [2.24, 2.45) is 0 Å². The van der Waals surface area contributed by atoms with E-state index in [0.29, 0.717) is 35.0 Å². The third-order valence-electron chi connectivity index (χ3n) is 6.13. The van der Waals surface area contributed by atoms with Gasteiger partial charge in [-0.2, -0.15) is 9.61 Å². The van der Waals surface area contributed by atoms with E-state index in [4.69, 9.17) is 0 Å². The first kappa shape index (κ1) is 20.5. The van der Waals surface area contributed by atoms with Gasteiger partial charge in [-0.25, -0.2) is 4.98 Å². The summed E-state index contributed by atoms with van der Waals surface area (Å²) in [5, 5.41) is 23.5. The zero-order chi connectivity index (χ0) is 22.2. The molecule has 4 N–H and O–H groups in total. The fraction of sp³-hybridized carbons (Fsp3) is 0.455. The molecule has 1 amide bonds. The predicted molar refractivity (Wildman–Crippen MR) is 121 cm³/mol. The predicted octanol–water partition coefficient (Wildman–Crippen LogP) is 2.04. The number of nitrogens with one attached hydrogen (secondary N) is 3. The number of aromatic nitrogens is 4. The number of pyridine rings is 1. The van der Waals surface area contributed by atoms with Crippen molar-refractivity contribution >= 4 is 28.9 Å². The van der Waals surface area contributed by atoms with Gasteiger partial charge in [0.05, 0.1) is 12.3 Å². The molecule has 0 spiro atoms. The van der Waals surface area contributed by atoms with Crippen molar-refractivity contribution in [1.82, 2.24) is 24.5 Å². The monoisotopic (exact) mass is 437 g/mol. The third-order valence-corrected chi connectivity index (χ3v) is 6.13. The first-order chi connectivity index (χ1) is 15.5. The van der Waals surface area contributed by atoms with Crippen molar-refractivity contribution < 1.29 is 9.90 Å². The van der Waals surface area contributed by atoms with Crippen LogP contribution in [0.2, 0.25) is 0 Å². The minimum Gasteiger partial charge on any atom is -0.393 e. The van der Waals surface area contributed by atoms with E-state index in [1.54, 1.807) is 34.5 Å². The highest BCUT2D eigenvalue weighted by molar-refractivity contribution is 6.00. The molecule has 10 heteroatoms. The van der Waals surface area contributed by atoms with Crippen molar-refractivity contribution in [3.05, 3.63) is 46.5 Å². The first-order valence-electron chi connectivity index (χ1n) is 11.1. The van der Waals surface area contributed by atoms with E-state index in [1.165, 1.54) is 6.20 Å². The van der Waals surface area contributed by atoms with Gasteiger partial charge in [0.2, 0.25) is 0 Å². The number of amides is 1. The van der Waals surface area contributed by atoms with Gasteiger partial charge in [-0.05, 0) is 50.7 Å². The fourth-order valence-corrected chi connectivity index (χ4v) is 4.28. The average molecular weight is 438 g/mol. The Morgan fingerprint density at radius 3 is 2.84 bits per heavy atom. The molecule has 3 aromatic heterocycles. The Labute approximate surface area is 184 Å². The lowest BCUT2D eigenvalue weighted by molar-refractivity contribution is 0.0952. The summed E-state index contributed by atoms with van der Waals surface area (Å²) < 4.78 is 3.26. The second-order valence-corrected chi connectivity index (χ2v) is 8.55. The van der Waals surface area contributed by atoms with Crippen LogP contribution in [0.5, 0.6) is 0 Å². The Kier molecular flexibility index (Phi) is 5.30. The highest BCUT2D eigenvalue weighted by atomic mass is 16.3. The van der Waals surface area contributed by atoms with Crippen LogP contribution in [0.4, 0.5) is 17.3 Å². The molecule has 0 aliphatic heterocycles. The quantitative estimate of drug-likeness (QED) is 0.465. The molecule has 2 fully saturated rings. The Morgan fingerprint density at radius 2 is 2.09 bits per heavy atom. The van der Waals surface area contributed by atoms with Crippen LogP contribution >= 0.6 is 0 Å². The lowest BCUT2D eigenvalue weighted by atomic mass is 9.93. The number of rotatable bonds is 6. The van der Waals surface area contributed by atoms with Crippen molar-refractivity contribution in [3.8, 4) is 0 Å². The van der Waals surface area contributed by atoms with Crippen LogP contribution in [0.3, 0.4) is 0 Å². The molecule has 10 nitrogen and oxygen atoms in total. The molecule has 2 aliphatic carbocycles. The van der Waals surface area contributed by atoms with Gasteiger partial charge in [-0.1, -0.05) is 0 Å². The number of carbonyl (C=O) groups excluding carboxylic acids is 1. The molecule has 2 saturated carbocycles. The number of hydrogen-bond acceptors (Lipinski definition) is 7. The third kappa shape index (κ3) is 3.93. The van der Waals surface area contributed by atoms with Gasteiger partial charge in [-0.15, -0.1) is 0 Å². The molecular formula is C22H27N7O3. The van der Waals surface area contributed by atoms with Crippen molar-refractivity contribution in [2.75, 3.05) is 17.7 Å². The fourth-order valence-electron chi connectivity index (χ4n) is 4.28. The second-order valence-electron chi connectivity index (χ2n) is 8.55.